The van der Waals surface area contributed by atoms with Gasteiger partial charge < -0.3 is 16.0 Å². The molecule has 1 atom stereocenters. The first-order valence-electron chi connectivity index (χ1n) is 14.6. The molecule has 0 spiro atoms. The van der Waals surface area contributed by atoms with E-state index in [-0.39, 0.29) is 41.8 Å². The van der Waals surface area contributed by atoms with Crippen LogP contribution in [0.25, 0.3) is 0 Å². The third-order valence-corrected chi connectivity index (χ3v) is 8.51. The van der Waals surface area contributed by atoms with Crippen LogP contribution in [0.4, 0.5) is 5.69 Å². The maximum Gasteiger partial charge on any atom is 0.278 e. The Hall–Kier alpha value is -3.52. The summed E-state index contributed by atoms with van der Waals surface area (Å²) >= 11 is 0. The van der Waals surface area contributed by atoms with Crippen molar-refractivity contribution in [2.75, 3.05) is 11.4 Å². The van der Waals surface area contributed by atoms with Gasteiger partial charge in [0, 0.05) is 42.2 Å². The number of hydrogen-bond donors (Lipinski definition) is 2. The Balaban J connectivity index is 1.41. The Bertz CT molecular complexity index is 1290. The molecule has 2 aromatic rings. The largest absolute Gasteiger partial charge is 0.368 e. The summed E-state index contributed by atoms with van der Waals surface area (Å²) in [5.74, 6) is 0.420. The number of amides is 3. The third-order valence-electron chi connectivity index (χ3n) is 8.51. The normalized spacial score (nSPS) is 23.9. The number of nitrogens with one attached hydrogen (secondary N) is 1. The number of amidine groups is 1. The SMILES string of the molecule is Cc1ccc(C(=O)N=C2Cc3ccc(CN4CCC[C@H]4C(N)=O)cc3N2C2CCC(C(=O)NC(C)C)CC2)cc1. The van der Waals surface area contributed by atoms with Gasteiger partial charge in [-0.1, -0.05) is 29.8 Å². The predicted molar refractivity (Wildman–Crippen MR) is 157 cm³/mol. The lowest BCUT2D eigenvalue weighted by Gasteiger charge is -2.36. The molecule has 3 aliphatic rings. The molecular formula is C32H41N5O3. The molecule has 2 heterocycles. The molecule has 8 nitrogen and oxygen atoms in total. The van der Waals surface area contributed by atoms with Crippen molar-refractivity contribution < 1.29 is 14.4 Å². The Morgan fingerprint density at radius 3 is 2.42 bits per heavy atom. The van der Waals surface area contributed by atoms with Crippen LogP contribution in [-0.4, -0.2) is 53.1 Å². The first kappa shape index (κ1) is 28.0. The van der Waals surface area contributed by atoms with Crippen LogP contribution in [0.1, 0.15) is 79.4 Å². The number of likely N-dealkylation sites (tertiary alicyclic amines) is 1. The fourth-order valence-electron chi connectivity index (χ4n) is 6.43. The molecule has 0 radical (unpaired) electrons. The number of carbonyl (C=O) groups excluding carboxylic acids is 3. The van der Waals surface area contributed by atoms with E-state index in [1.807, 2.05) is 45.0 Å². The zero-order chi connectivity index (χ0) is 28.4. The topological polar surface area (TPSA) is 108 Å². The number of anilines is 1. The lowest BCUT2D eigenvalue weighted by atomic mass is 9.84. The van der Waals surface area contributed by atoms with E-state index in [0.29, 0.717) is 18.5 Å². The maximum absolute atomic E-state index is 13.2. The van der Waals surface area contributed by atoms with E-state index < -0.39 is 0 Å². The second kappa shape index (κ2) is 11.9. The van der Waals surface area contributed by atoms with Gasteiger partial charge in [-0.2, -0.15) is 4.99 Å². The van der Waals surface area contributed by atoms with Gasteiger partial charge in [0.05, 0.1) is 6.04 Å². The molecule has 2 aromatic carbocycles. The quantitative estimate of drug-likeness (QED) is 0.546. The standard InChI is InChI=1S/C32H41N5O3/c1-20(2)34-31(39)24-12-14-26(15-13-24)37-28-17-22(19-36-16-4-5-27(36)30(33)38)8-11-25(28)18-29(37)35-32(40)23-9-6-21(3)7-10-23/h6-11,17,20,24,26-27H,4-5,12-16,18-19H2,1-3H3,(H2,33,38)(H,34,39)/t24?,26?,27-/m0/s1. The highest BCUT2D eigenvalue weighted by atomic mass is 16.2. The number of primary amides is 1. The first-order chi connectivity index (χ1) is 19.2. The monoisotopic (exact) mass is 543 g/mol. The molecule has 3 N–H and O–H groups in total. The molecular weight excluding hydrogens is 502 g/mol. The zero-order valence-corrected chi connectivity index (χ0v) is 23.9. The number of hydrogen-bond acceptors (Lipinski definition) is 4. The summed E-state index contributed by atoms with van der Waals surface area (Å²) in [4.78, 5) is 46.9. The van der Waals surface area contributed by atoms with Crippen LogP contribution in [0.15, 0.2) is 47.5 Å². The van der Waals surface area contributed by atoms with Crippen LogP contribution in [0.3, 0.4) is 0 Å². The van der Waals surface area contributed by atoms with Crippen molar-refractivity contribution in [3.05, 3.63) is 64.7 Å². The number of aryl methyl sites for hydroxylation is 1. The van der Waals surface area contributed by atoms with Crippen molar-refractivity contribution in [2.45, 2.75) is 90.4 Å². The Labute approximate surface area is 237 Å². The minimum absolute atomic E-state index is 0.0162. The van der Waals surface area contributed by atoms with Gasteiger partial charge in [-0.15, -0.1) is 0 Å². The summed E-state index contributed by atoms with van der Waals surface area (Å²) in [6, 6.07) is 14.0. The van der Waals surface area contributed by atoms with Crippen molar-refractivity contribution >= 4 is 29.2 Å². The third kappa shape index (κ3) is 6.12. The lowest BCUT2D eigenvalue weighted by Crippen LogP contribution is -2.44. The Kier molecular flexibility index (Phi) is 8.35. The summed E-state index contributed by atoms with van der Waals surface area (Å²) in [5, 5.41) is 3.06. The molecule has 0 bridgehead atoms. The molecule has 3 amide bonds. The smallest absolute Gasteiger partial charge is 0.278 e. The number of aliphatic imine (C=N–C) groups is 1. The number of fused-ring (bicyclic) bond motifs is 1. The molecule has 1 saturated carbocycles. The number of nitrogens with two attached hydrogens (primary N) is 1. The van der Waals surface area contributed by atoms with E-state index in [9.17, 15) is 14.4 Å². The highest BCUT2D eigenvalue weighted by Gasteiger charge is 2.37. The van der Waals surface area contributed by atoms with Crippen LogP contribution >= 0.6 is 0 Å². The Morgan fingerprint density at radius 1 is 1.02 bits per heavy atom. The van der Waals surface area contributed by atoms with Crippen molar-refractivity contribution in [1.29, 1.82) is 0 Å². The van der Waals surface area contributed by atoms with Crippen LogP contribution in [0, 0.1) is 12.8 Å². The fraction of sp³-hybridized carbons (Fsp3) is 0.500. The van der Waals surface area contributed by atoms with Gasteiger partial charge in [0.15, 0.2) is 0 Å². The highest BCUT2D eigenvalue weighted by molar-refractivity contribution is 6.12. The van der Waals surface area contributed by atoms with E-state index in [4.69, 9.17) is 5.73 Å². The van der Waals surface area contributed by atoms with Crippen LogP contribution in [0.5, 0.6) is 0 Å². The lowest BCUT2D eigenvalue weighted by molar-refractivity contribution is -0.126. The second-order valence-corrected chi connectivity index (χ2v) is 11.9. The fourth-order valence-corrected chi connectivity index (χ4v) is 6.43. The van der Waals surface area contributed by atoms with E-state index >= 15 is 0 Å². The predicted octanol–water partition coefficient (Wildman–Crippen LogP) is 4.13. The summed E-state index contributed by atoms with van der Waals surface area (Å²) in [7, 11) is 0. The molecule has 0 unspecified atom stereocenters. The summed E-state index contributed by atoms with van der Waals surface area (Å²) in [5.41, 5.74) is 10.7. The highest BCUT2D eigenvalue weighted by Crippen LogP contribution is 2.38. The second-order valence-electron chi connectivity index (χ2n) is 11.9. The minimum Gasteiger partial charge on any atom is -0.368 e. The summed E-state index contributed by atoms with van der Waals surface area (Å²) in [6.07, 6.45) is 5.69. The molecule has 212 valence electrons. The van der Waals surface area contributed by atoms with Crippen molar-refractivity contribution in [1.82, 2.24) is 10.2 Å². The van der Waals surface area contributed by atoms with Crippen LogP contribution in [-0.2, 0) is 22.6 Å². The van der Waals surface area contributed by atoms with Crippen molar-refractivity contribution in [3.8, 4) is 0 Å². The molecule has 2 fully saturated rings. The maximum atomic E-state index is 13.2. The van der Waals surface area contributed by atoms with Crippen molar-refractivity contribution in [3.63, 3.8) is 0 Å². The van der Waals surface area contributed by atoms with Gasteiger partial charge in [-0.05, 0) is 95.2 Å². The average molecular weight is 544 g/mol. The summed E-state index contributed by atoms with van der Waals surface area (Å²) in [6.45, 7) is 7.49. The number of rotatable bonds is 7. The summed E-state index contributed by atoms with van der Waals surface area (Å²) < 4.78 is 0. The minimum atomic E-state index is -0.261. The van der Waals surface area contributed by atoms with Gasteiger partial charge in [-0.25, -0.2) is 0 Å². The molecule has 1 saturated heterocycles. The zero-order valence-electron chi connectivity index (χ0n) is 23.9. The molecule has 5 rings (SSSR count). The molecule has 2 aliphatic heterocycles. The van der Waals surface area contributed by atoms with Gasteiger partial charge in [0.25, 0.3) is 5.91 Å². The molecule has 1 aliphatic carbocycles. The van der Waals surface area contributed by atoms with Gasteiger partial charge >= 0.3 is 0 Å². The van der Waals surface area contributed by atoms with E-state index in [1.54, 1.807) is 0 Å². The van der Waals surface area contributed by atoms with Crippen molar-refractivity contribution in [2.24, 2.45) is 16.6 Å². The Morgan fingerprint density at radius 2 is 1.75 bits per heavy atom. The molecule has 0 aromatic heterocycles. The molecule has 40 heavy (non-hydrogen) atoms. The number of carbonyl (C=O) groups is 3. The number of benzene rings is 2. The van der Waals surface area contributed by atoms with Crippen LogP contribution in [0.2, 0.25) is 0 Å². The molecule has 8 heteroatoms. The van der Waals surface area contributed by atoms with Gasteiger partial charge in [0.1, 0.15) is 5.84 Å². The van der Waals surface area contributed by atoms with Gasteiger partial charge in [0.2, 0.25) is 11.8 Å². The first-order valence-corrected chi connectivity index (χ1v) is 14.6. The van der Waals surface area contributed by atoms with Gasteiger partial charge in [-0.3, -0.25) is 19.3 Å². The van der Waals surface area contributed by atoms with Crippen LogP contribution < -0.4 is 16.0 Å². The van der Waals surface area contributed by atoms with E-state index in [2.05, 4.69) is 38.3 Å². The number of nitrogens with zero attached hydrogens (tertiary/aromatic N) is 3. The average Bonchev–Trinajstić information content (AvgIpc) is 3.53. The van der Waals surface area contributed by atoms with E-state index in [1.165, 1.54) is 0 Å². The van der Waals surface area contributed by atoms with E-state index in [0.717, 1.165) is 73.3 Å².